The van der Waals surface area contributed by atoms with Gasteiger partial charge in [-0.3, -0.25) is 14.5 Å². The number of carbonyl (C=O) groups excluding carboxylic acids is 2. The van der Waals surface area contributed by atoms with Crippen molar-refractivity contribution in [1.82, 2.24) is 10.2 Å². The molecule has 0 bridgehead atoms. The van der Waals surface area contributed by atoms with Gasteiger partial charge in [-0.1, -0.05) is 85.6 Å². The predicted octanol–water partition coefficient (Wildman–Crippen LogP) is 8.64. The summed E-state index contributed by atoms with van der Waals surface area (Å²) in [6.45, 7) is 2.87. The molecule has 7 rings (SSSR count). The first-order valence-corrected chi connectivity index (χ1v) is 21.4. The summed E-state index contributed by atoms with van der Waals surface area (Å²) in [5, 5.41) is 15.6. The number of aliphatic hydroxyl groups excluding tert-OH is 1. The summed E-state index contributed by atoms with van der Waals surface area (Å²) in [5.41, 5.74) is 15.5. The van der Waals surface area contributed by atoms with E-state index in [2.05, 4.69) is 58.0 Å². The number of nitrogens with one attached hydrogen (secondary N) is 2. The third-order valence-corrected chi connectivity index (χ3v) is 11.6. The topological polar surface area (TPSA) is 145 Å². The third-order valence-electron chi connectivity index (χ3n) is 11.6. The Kier molecular flexibility index (Phi) is 15.1. The molecule has 5 aromatic carbocycles. The normalized spacial score (nSPS) is 17.6. The van der Waals surface area contributed by atoms with Crippen molar-refractivity contribution in [3.63, 3.8) is 0 Å². The van der Waals surface area contributed by atoms with Crippen molar-refractivity contribution in [2.75, 3.05) is 38.4 Å². The van der Waals surface area contributed by atoms with E-state index >= 15 is 0 Å². The zero-order valence-corrected chi connectivity index (χ0v) is 35.2. The maximum absolute atomic E-state index is 12.7. The van der Waals surface area contributed by atoms with Crippen LogP contribution in [-0.2, 0) is 45.2 Å². The molecule has 2 aliphatic rings. The second-order valence-electron chi connectivity index (χ2n) is 16.0. The number of rotatable bonds is 18. The molecule has 2 aliphatic heterocycles. The number of unbranched alkanes of at least 4 members (excludes halogenated alkanes) is 3. The molecule has 5 N–H and O–H groups in total. The van der Waals surface area contributed by atoms with Gasteiger partial charge in [0.15, 0.2) is 17.8 Å². The summed E-state index contributed by atoms with van der Waals surface area (Å²) >= 11 is 0. The standard InChI is InChI=1S/C50H58N4O7/c1-58-46-27-39-23-24-54(31-41(39)28-47(46)59-2)32-42-29-45(36-21-19-34(33-55)20-22-36)61-50(60-42)40-14-10-13-38(26-40)37-12-9-11-35(25-37)30-52-48(56)17-5-3-4-6-18-49(57)53-44-16-8-7-15-43(44)51/h7-16,19-22,25-28,42,45,50,55H,3-6,17-18,23-24,29-33,51H2,1-2H3,(H,52,56)(H,53,57)/t42-,45+,50+/m1/s1. The Morgan fingerprint density at radius 3 is 2.20 bits per heavy atom. The van der Waals surface area contributed by atoms with Gasteiger partial charge in [0.1, 0.15) is 0 Å². The number of methoxy groups -OCH3 is 2. The average Bonchev–Trinajstić information content (AvgIpc) is 3.29. The number of nitrogens with zero attached hydrogens (tertiary/aromatic N) is 1. The van der Waals surface area contributed by atoms with Crippen molar-refractivity contribution in [1.29, 1.82) is 0 Å². The highest BCUT2D eigenvalue weighted by atomic mass is 16.7. The van der Waals surface area contributed by atoms with Crippen molar-refractivity contribution >= 4 is 23.2 Å². The van der Waals surface area contributed by atoms with Crippen LogP contribution in [0.5, 0.6) is 11.5 Å². The van der Waals surface area contributed by atoms with E-state index in [-0.39, 0.29) is 30.6 Å². The van der Waals surface area contributed by atoms with Crippen molar-refractivity contribution in [3.8, 4) is 22.6 Å². The van der Waals surface area contributed by atoms with Crippen LogP contribution in [-0.4, -0.2) is 55.2 Å². The summed E-state index contributed by atoms with van der Waals surface area (Å²) < 4.78 is 24.7. The maximum atomic E-state index is 12.7. The van der Waals surface area contributed by atoms with E-state index in [1.807, 2.05) is 54.6 Å². The van der Waals surface area contributed by atoms with E-state index in [1.54, 1.807) is 26.4 Å². The van der Waals surface area contributed by atoms with Gasteiger partial charge in [0.2, 0.25) is 11.8 Å². The molecule has 3 atom stereocenters. The molecule has 2 heterocycles. The van der Waals surface area contributed by atoms with Gasteiger partial charge in [-0.15, -0.1) is 0 Å². The lowest BCUT2D eigenvalue weighted by Crippen LogP contribution is -2.41. The minimum absolute atomic E-state index is 0.00935. The third kappa shape index (κ3) is 11.8. The molecule has 0 radical (unpaired) electrons. The number of nitrogens with two attached hydrogens (primary N) is 1. The number of ether oxygens (including phenoxy) is 4. The highest BCUT2D eigenvalue weighted by molar-refractivity contribution is 5.93. The second-order valence-corrected chi connectivity index (χ2v) is 16.0. The van der Waals surface area contributed by atoms with Crippen molar-refractivity contribution in [2.24, 2.45) is 0 Å². The highest BCUT2D eigenvalue weighted by Gasteiger charge is 2.34. The molecule has 0 saturated carbocycles. The number of hydrogen-bond acceptors (Lipinski definition) is 9. The molecule has 5 aromatic rings. The smallest absolute Gasteiger partial charge is 0.224 e. The Balaban J connectivity index is 0.942. The number of nitrogen functional groups attached to an aromatic ring is 1. The van der Waals surface area contributed by atoms with Gasteiger partial charge in [-0.25, -0.2) is 0 Å². The SMILES string of the molecule is COc1cc2c(cc1OC)CN(C[C@H]1C[C@@H](c3ccc(CO)cc3)O[C@@H](c3cccc(-c4cccc(CNC(=O)CCCCCCC(=O)Nc5ccccc5N)c4)c3)O1)CC2. The number of carbonyl (C=O) groups is 2. The lowest BCUT2D eigenvalue weighted by Gasteiger charge is -2.39. The molecule has 11 heteroatoms. The largest absolute Gasteiger partial charge is 0.493 e. The minimum atomic E-state index is -0.587. The maximum Gasteiger partial charge on any atom is 0.224 e. The fraction of sp³-hybridized carbons (Fsp3) is 0.360. The molecule has 1 saturated heterocycles. The zero-order chi connectivity index (χ0) is 42.6. The Bertz CT molecular complexity index is 2250. The molecule has 11 nitrogen and oxygen atoms in total. The van der Waals surface area contributed by atoms with Gasteiger partial charge < -0.3 is 40.4 Å². The van der Waals surface area contributed by atoms with Gasteiger partial charge in [0.25, 0.3) is 0 Å². The van der Waals surface area contributed by atoms with Gasteiger partial charge >= 0.3 is 0 Å². The Morgan fingerprint density at radius 1 is 0.754 bits per heavy atom. The second kappa shape index (κ2) is 21.2. The molecular weight excluding hydrogens is 769 g/mol. The van der Waals surface area contributed by atoms with E-state index in [1.165, 1.54) is 11.1 Å². The van der Waals surface area contributed by atoms with Crippen LogP contribution in [0.2, 0.25) is 0 Å². The van der Waals surface area contributed by atoms with Gasteiger partial charge in [0, 0.05) is 51.0 Å². The van der Waals surface area contributed by atoms with Gasteiger partial charge in [-0.2, -0.15) is 0 Å². The number of hydrogen-bond donors (Lipinski definition) is 4. The summed E-state index contributed by atoms with van der Waals surface area (Å²) in [6.07, 6.45) is 4.88. The van der Waals surface area contributed by atoms with Gasteiger partial charge in [0.05, 0.1) is 44.4 Å². The molecule has 2 amide bonds. The molecule has 0 spiro atoms. The summed E-state index contributed by atoms with van der Waals surface area (Å²) in [7, 11) is 3.34. The minimum Gasteiger partial charge on any atom is -0.493 e. The highest BCUT2D eigenvalue weighted by Crippen LogP contribution is 2.40. The number of amides is 2. The molecule has 0 unspecified atom stereocenters. The van der Waals surface area contributed by atoms with Crippen LogP contribution in [0.1, 0.15) is 90.7 Å². The van der Waals surface area contributed by atoms with Crippen LogP contribution < -0.4 is 25.8 Å². The number of anilines is 2. The van der Waals surface area contributed by atoms with Crippen LogP contribution in [0.15, 0.2) is 109 Å². The summed E-state index contributed by atoms with van der Waals surface area (Å²) in [4.78, 5) is 27.5. The van der Waals surface area contributed by atoms with Crippen molar-refractivity contribution in [2.45, 2.75) is 89.6 Å². The lowest BCUT2D eigenvalue weighted by atomic mass is 9.96. The first-order valence-electron chi connectivity index (χ1n) is 21.4. The number of aliphatic hydroxyl groups is 1. The van der Waals surface area contributed by atoms with Crippen LogP contribution in [0, 0.1) is 0 Å². The molecule has 1 fully saturated rings. The van der Waals surface area contributed by atoms with Crippen LogP contribution >= 0.6 is 0 Å². The number of benzene rings is 5. The zero-order valence-electron chi connectivity index (χ0n) is 35.2. The van der Waals surface area contributed by atoms with E-state index in [0.717, 1.165) is 96.6 Å². The first kappa shape index (κ1) is 43.4. The van der Waals surface area contributed by atoms with E-state index < -0.39 is 6.29 Å². The first-order chi connectivity index (χ1) is 29.8. The Hall–Kier alpha value is -5.72. The van der Waals surface area contributed by atoms with Crippen LogP contribution in [0.3, 0.4) is 0 Å². The van der Waals surface area contributed by atoms with Crippen LogP contribution in [0.4, 0.5) is 11.4 Å². The summed E-state index contributed by atoms with van der Waals surface area (Å²) in [5.74, 6) is 1.46. The van der Waals surface area contributed by atoms with E-state index in [0.29, 0.717) is 37.2 Å². The molecule has 0 aliphatic carbocycles. The monoisotopic (exact) mass is 826 g/mol. The number of para-hydroxylation sites is 2. The Morgan fingerprint density at radius 2 is 1.46 bits per heavy atom. The lowest BCUT2D eigenvalue weighted by molar-refractivity contribution is -0.253. The summed E-state index contributed by atoms with van der Waals surface area (Å²) in [6, 6.07) is 36.0. The molecule has 320 valence electrons. The molecular formula is C50H58N4O7. The quantitative estimate of drug-likeness (QED) is 0.0504. The Labute approximate surface area is 359 Å². The van der Waals surface area contributed by atoms with E-state index in [4.69, 9.17) is 24.7 Å². The van der Waals surface area contributed by atoms with Crippen LogP contribution in [0.25, 0.3) is 11.1 Å². The van der Waals surface area contributed by atoms with E-state index in [9.17, 15) is 14.7 Å². The van der Waals surface area contributed by atoms with Crippen molar-refractivity contribution in [3.05, 3.63) is 143 Å². The van der Waals surface area contributed by atoms with Gasteiger partial charge in [-0.05, 0) is 94.6 Å². The molecule has 61 heavy (non-hydrogen) atoms. The fourth-order valence-electron chi connectivity index (χ4n) is 8.18. The van der Waals surface area contributed by atoms with Crippen molar-refractivity contribution < 1.29 is 33.6 Å². The predicted molar refractivity (Wildman–Crippen MR) is 238 cm³/mol. The number of fused-ring (bicyclic) bond motifs is 1. The molecule has 0 aromatic heterocycles. The average molecular weight is 827 g/mol. The fourth-order valence-corrected chi connectivity index (χ4v) is 8.18.